The third-order valence-electron chi connectivity index (χ3n) is 2.46. The molecule has 0 saturated heterocycles. The average Bonchev–Trinajstić information content (AvgIpc) is 2.83. The van der Waals surface area contributed by atoms with Crippen molar-refractivity contribution in [2.45, 2.75) is 20.8 Å². The van der Waals surface area contributed by atoms with Crippen molar-refractivity contribution in [2.24, 2.45) is 0 Å². The predicted octanol–water partition coefficient (Wildman–Crippen LogP) is 0.682. The first-order valence-corrected chi connectivity index (χ1v) is 5.56. The van der Waals surface area contributed by atoms with Gasteiger partial charge >= 0.3 is 5.97 Å². The van der Waals surface area contributed by atoms with Crippen molar-refractivity contribution in [3.8, 4) is 5.69 Å². The SMILES string of the molecule is CCOC(=O)c1cc(C)nn1-c1c(C)[nH][nH]c1=O. The van der Waals surface area contributed by atoms with Crippen LogP contribution in [0.5, 0.6) is 0 Å². The van der Waals surface area contributed by atoms with Gasteiger partial charge in [0.2, 0.25) is 0 Å². The normalized spacial score (nSPS) is 10.6. The fraction of sp³-hybridized carbons (Fsp3) is 0.364. The minimum atomic E-state index is -0.502. The second-order valence-corrected chi connectivity index (χ2v) is 3.86. The highest BCUT2D eigenvalue weighted by Gasteiger charge is 2.20. The fourth-order valence-corrected chi connectivity index (χ4v) is 1.71. The summed E-state index contributed by atoms with van der Waals surface area (Å²) in [5.74, 6) is -0.502. The molecule has 0 aliphatic rings. The van der Waals surface area contributed by atoms with E-state index in [-0.39, 0.29) is 17.9 Å². The highest BCUT2D eigenvalue weighted by molar-refractivity contribution is 5.88. The van der Waals surface area contributed by atoms with Gasteiger partial charge in [-0.2, -0.15) is 5.10 Å². The van der Waals surface area contributed by atoms with E-state index in [9.17, 15) is 9.59 Å². The maximum atomic E-state index is 11.8. The molecule has 7 heteroatoms. The Morgan fingerprint density at radius 2 is 2.17 bits per heavy atom. The van der Waals surface area contributed by atoms with E-state index in [1.807, 2.05) is 0 Å². The first-order valence-electron chi connectivity index (χ1n) is 5.56. The molecular weight excluding hydrogens is 236 g/mol. The summed E-state index contributed by atoms with van der Waals surface area (Å²) >= 11 is 0. The van der Waals surface area contributed by atoms with Gasteiger partial charge in [-0.1, -0.05) is 0 Å². The Bertz CT molecular complexity index is 635. The molecule has 2 heterocycles. The molecule has 18 heavy (non-hydrogen) atoms. The topological polar surface area (TPSA) is 92.8 Å². The predicted molar refractivity (Wildman–Crippen MR) is 64.0 cm³/mol. The summed E-state index contributed by atoms with van der Waals surface area (Å²) in [6.45, 7) is 5.46. The number of aromatic nitrogens is 4. The zero-order valence-corrected chi connectivity index (χ0v) is 10.4. The number of esters is 1. The Labute approximate surface area is 103 Å². The van der Waals surface area contributed by atoms with Crippen molar-refractivity contribution in [2.75, 3.05) is 6.61 Å². The number of H-pyrrole nitrogens is 2. The molecule has 0 unspecified atom stereocenters. The van der Waals surface area contributed by atoms with Gasteiger partial charge in [-0.3, -0.25) is 9.89 Å². The third-order valence-corrected chi connectivity index (χ3v) is 2.46. The first kappa shape index (κ1) is 12.2. The lowest BCUT2D eigenvalue weighted by molar-refractivity contribution is 0.0515. The van der Waals surface area contributed by atoms with Crippen LogP contribution in [-0.2, 0) is 4.74 Å². The summed E-state index contributed by atoms with van der Waals surface area (Å²) in [6, 6.07) is 1.59. The van der Waals surface area contributed by atoms with Crippen molar-refractivity contribution in [3.63, 3.8) is 0 Å². The van der Waals surface area contributed by atoms with Crippen molar-refractivity contribution < 1.29 is 9.53 Å². The van der Waals surface area contributed by atoms with Crippen LogP contribution < -0.4 is 5.56 Å². The molecule has 7 nitrogen and oxygen atoms in total. The number of nitrogens with one attached hydrogen (secondary N) is 2. The number of ether oxygens (including phenoxy) is 1. The molecule has 2 N–H and O–H groups in total. The highest BCUT2D eigenvalue weighted by Crippen LogP contribution is 2.12. The molecule has 96 valence electrons. The molecule has 0 fully saturated rings. The molecule has 0 atom stereocenters. The summed E-state index contributed by atoms with van der Waals surface area (Å²) < 4.78 is 6.24. The van der Waals surface area contributed by atoms with Crippen LogP contribution in [0.4, 0.5) is 0 Å². The molecule has 0 radical (unpaired) electrons. The van der Waals surface area contributed by atoms with Gasteiger partial charge in [-0.25, -0.2) is 9.48 Å². The van der Waals surface area contributed by atoms with Gasteiger partial charge in [0.15, 0.2) is 11.4 Å². The summed E-state index contributed by atoms with van der Waals surface area (Å²) in [5.41, 5.74) is 1.45. The molecule has 0 amide bonds. The van der Waals surface area contributed by atoms with Crippen LogP contribution in [-0.4, -0.2) is 32.6 Å². The van der Waals surface area contributed by atoms with Gasteiger partial charge in [0.1, 0.15) is 0 Å². The lowest BCUT2D eigenvalue weighted by atomic mass is 10.3. The maximum absolute atomic E-state index is 11.8. The second-order valence-electron chi connectivity index (χ2n) is 3.86. The van der Waals surface area contributed by atoms with Gasteiger partial charge in [0.25, 0.3) is 5.56 Å². The lowest BCUT2D eigenvalue weighted by Gasteiger charge is -2.04. The summed E-state index contributed by atoms with van der Waals surface area (Å²) in [5, 5.41) is 9.30. The van der Waals surface area contributed by atoms with Crippen LogP contribution >= 0.6 is 0 Å². The van der Waals surface area contributed by atoms with Gasteiger partial charge < -0.3 is 9.84 Å². The molecule has 0 aliphatic carbocycles. The Morgan fingerprint density at radius 3 is 2.72 bits per heavy atom. The molecule has 2 rings (SSSR count). The average molecular weight is 250 g/mol. The molecule has 2 aromatic rings. The molecule has 0 saturated carbocycles. The fourth-order valence-electron chi connectivity index (χ4n) is 1.71. The summed E-state index contributed by atoms with van der Waals surface area (Å²) in [7, 11) is 0. The number of rotatable bonds is 3. The van der Waals surface area contributed by atoms with E-state index in [4.69, 9.17) is 4.74 Å². The van der Waals surface area contributed by atoms with Crippen molar-refractivity contribution in [1.82, 2.24) is 20.0 Å². The van der Waals surface area contributed by atoms with Gasteiger partial charge in [0.05, 0.1) is 18.0 Å². The van der Waals surface area contributed by atoms with Crippen molar-refractivity contribution >= 4 is 5.97 Å². The van der Waals surface area contributed by atoms with E-state index in [0.717, 1.165) is 0 Å². The minimum Gasteiger partial charge on any atom is -0.461 e. The smallest absolute Gasteiger partial charge is 0.357 e. The Balaban J connectivity index is 2.58. The van der Waals surface area contributed by atoms with Crippen LogP contribution in [0.3, 0.4) is 0 Å². The van der Waals surface area contributed by atoms with Crippen LogP contribution in [0, 0.1) is 13.8 Å². The molecular formula is C11H14N4O3. The van der Waals surface area contributed by atoms with Crippen LogP contribution in [0.15, 0.2) is 10.9 Å². The number of carbonyl (C=O) groups is 1. The number of aryl methyl sites for hydroxylation is 2. The van der Waals surface area contributed by atoms with E-state index in [0.29, 0.717) is 17.1 Å². The number of hydrogen-bond acceptors (Lipinski definition) is 4. The molecule has 0 bridgehead atoms. The summed E-state index contributed by atoms with van der Waals surface area (Å²) in [4.78, 5) is 23.5. The van der Waals surface area contributed by atoms with Gasteiger partial charge in [-0.15, -0.1) is 0 Å². The van der Waals surface area contributed by atoms with Crippen molar-refractivity contribution in [1.29, 1.82) is 0 Å². The van der Waals surface area contributed by atoms with E-state index in [1.54, 1.807) is 26.8 Å². The monoisotopic (exact) mass is 250 g/mol. The zero-order valence-electron chi connectivity index (χ0n) is 10.4. The largest absolute Gasteiger partial charge is 0.461 e. The Hall–Kier alpha value is -2.31. The van der Waals surface area contributed by atoms with Gasteiger partial charge in [0, 0.05) is 0 Å². The number of carbonyl (C=O) groups excluding carboxylic acids is 1. The van der Waals surface area contributed by atoms with E-state index < -0.39 is 5.97 Å². The third kappa shape index (κ3) is 1.94. The van der Waals surface area contributed by atoms with Crippen LogP contribution in [0.2, 0.25) is 0 Å². The van der Waals surface area contributed by atoms with Crippen LogP contribution in [0.1, 0.15) is 28.8 Å². The zero-order chi connectivity index (χ0) is 13.3. The first-order chi connectivity index (χ1) is 8.54. The second kappa shape index (κ2) is 4.52. The molecule has 0 aliphatic heterocycles. The van der Waals surface area contributed by atoms with Crippen molar-refractivity contribution in [3.05, 3.63) is 33.5 Å². The highest BCUT2D eigenvalue weighted by atomic mass is 16.5. The van der Waals surface area contributed by atoms with E-state index >= 15 is 0 Å². The number of hydrogen-bond donors (Lipinski definition) is 2. The number of aromatic amines is 2. The standard InChI is InChI=1S/C11H14N4O3/c1-4-18-11(17)8-5-6(2)14-15(8)9-7(3)12-13-10(9)16/h5H,4H2,1-3H3,(H2,12,13,16). The number of nitrogens with zero attached hydrogens (tertiary/aromatic N) is 2. The molecule has 2 aromatic heterocycles. The van der Waals surface area contributed by atoms with E-state index in [1.165, 1.54) is 4.68 Å². The Kier molecular flexibility index (Phi) is 3.05. The summed E-state index contributed by atoms with van der Waals surface area (Å²) in [6.07, 6.45) is 0. The van der Waals surface area contributed by atoms with E-state index in [2.05, 4.69) is 15.3 Å². The van der Waals surface area contributed by atoms with Gasteiger partial charge in [-0.05, 0) is 26.8 Å². The maximum Gasteiger partial charge on any atom is 0.357 e. The minimum absolute atomic E-state index is 0.238. The Morgan fingerprint density at radius 1 is 1.44 bits per heavy atom. The molecule has 0 aromatic carbocycles. The lowest BCUT2D eigenvalue weighted by Crippen LogP contribution is -2.17. The quantitative estimate of drug-likeness (QED) is 0.783. The molecule has 0 spiro atoms. The van der Waals surface area contributed by atoms with Crippen LogP contribution in [0.25, 0.3) is 5.69 Å².